The van der Waals surface area contributed by atoms with Gasteiger partial charge in [-0.05, 0) is 37.3 Å². The maximum absolute atomic E-state index is 10.1. The molecule has 1 N–H and O–H groups in total. The topological polar surface area (TPSA) is 68.4 Å². The van der Waals surface area contributed by atoms with Crippen LogP contribution in [-0.2, 0) is 11.3 Å². The van der Waals surface area contributed by atoms with Crippen molar-refractivity contribution >= 4 is 0 Å². The number of benzene rings is 1. The third-order valence-electron chi connectivity index (χ3n) is 4.40. The van der Waals surface area contributed by atoms with Gasteiger partial charge in [-0.25, -0.2) is 0 Å². The molecule has 0 radical (unpaired) electrons. The first-order chi connectivity index (χ1) is 10.6. The SMILES string of the molecule is Cc1cccc(-c2nc(COC3CCCCC3C)no2)c1O. The molecule has 1 aliphatic rings. The number of hydrogen-bond acceptors (Lipinski definition) is 5. The minimum absolute atomic E-state index is 0.180. The number of para-hydroxylation sites is 1. The maximum Gasteiger partial charge on any atom is 0.261 e. The Balaban J connectivity index is 1.67. The van der Waals surface area contributed by atoms with Crippen LogP contribution in [0.4, 0.5) is 0 Å². The van der Waals surface area contributed by atoms with Gasteiger partial charge >= 0.3 is 0 Å². The van der Waals surface area contributed by atoms with Gasteiger partial charge in [-0.3, -0.25) is 0 Å². The van der Waals surface area contributed by atoms with Gasteiger partial charge in [0.1, 0.15) is 12.4 Å². The minimum Gasteiger partial charge on any atom is -0.507 e. The zero-order valence-electron chi connectivity index (χ0n) is 13.1. The summed E-state index contributed by atoms with van der Waals surface area (Å²) in [5, 5.41) is 14.0. The number of phenols is 1. The lowest BCUT2D eigenvalue weighted by Gasteiger charge is -2.28. The average molecular weight is 302 g/mol. The summed E-state index contributed by atoms with van der Waals surface area (Å²) in [7, 11) is 0. The Morgan fingerprint density at radius 1 is 1.32 bits per heavy atom. The monoisotopic (exact) mass is 302 g/mol. The fourth-order valence-electron chi connectivity index (χ4n) is 2.96. The van der Waals surface area contributed by atoms with Crippen LogP contribution in [0.15, 0.2) is 22.7 Å². The van der Waals surface area contributed by atoms with Crippen LogP contribution in [-0.4, -0.2) is 21.4 Å². The maximum atomic E-state index is 10.1. The number of hydrogen-bond donors (Lipinski definition) is 1. The molecule has 5 nitrogen and oxygen atoms in total. The summed E-state index contributed by atoms with van der Waals surface area (Å²) in [5.41, 5.74) is 1.34. The Morgan fingerprint density at radius 3 is 2.95 bits per heavy atom. The van der Waals surface area contributed by atoms with Gasteiger partial charge in [0, 0.05) is 0 Å². The predicted octanol–water partition coefficient (Wildman–Crippen LogP) is 3.85. The molecule has 0 bridgehead atoms. The number of nitrogens with zero attached hydrogens (tertiary/aromatic N) is 2. The van der Waals surface area contributed by atoms with Crippen molar-refractivity contribution in [2.45, 2.75) is 52.2 Å². The van der Waals surface area contributed by atoms with Crippen molar-refractivity contribution in [3.05, 3.63) is 29.6 Å². The highest BCUT2D eigenvalue weighted by molar-refractivity contribution is 5.64. The minimum atomic E-state index is 0.180. The predicted molar refractivity (Wildman–Crippen MR) is 82.3 cm³/mol. The first-order valence-corrected chi connectivity index (χ1v) is 7.88. The molecule has 1 aromatic carbocycles. The number of aromatic nitrogens is 2. The van der Waals surface area contributed by atoms with Crippen LogP contribution in [0.25, 0.3) is 11.5 Å². The second kappa shape index (κ2) is 6.48. The lowest BCUT2D eigenvalue weighted by molar-refractivity contribution is -0.0188. The lowest BCUT2D eigenvalue weighted by Crippen LogP contribution is -2.25. The molecular formula is C17H22N2O3. The molecule has 1 aromatic heterocycles. The molecule has 0 spiro atoms. The van der Waals surface area contributed by atoms with E-state index in [2.05, 4.69) is 17.1 Å². The third kappa shape index (κ3) is 3.14. The molecule has 118 valence electrons. The second-order valence-electron chi connectivity index (χ2n) is 6.10. The van der Waals surface area contributed by atoms with Gasteiger partial charge in [0.05, 0.1) is 11.7 Å². The van der Waals surface area contributed by atoms with Crippen LogP contribution in [0, 0.1) is 12.8 Å². The highest BCUT2D eigenvalue weighted by Crippen LogP contribution is 2.31. The molecule has 2 atom stereocenters. The van der Waals surface area contributed by atoms with Gasteiger partial charge in [0.15, 0.2) is 5.82 Å². The van der Waals surface area contributed by atoms with Crippen molar-refractivity contribution in [3.63, 3.8) is 0 Å². The Labute approximate surface area is 130 Å². The van der Waals surface area contributed by atoms with E-state index >= 15 is 0 Å². The van der Waals surface area contributed by atoms with Crippen LogP contribution in [0.1, 0.15) is 44.0 Å². The number of ether oxygens (including phenoxy) is 1. The third-order valence-corrected chi connectivity index (χ3v) is 4.40. The summed E-state index contributed by atoms with van der Waals surface area (Å²) >= 11 is 0. The fourth-order valence-corrected chi connectivity index (χ4v) is 2.96. The fraction of sp³-hybridized carbons (Fsp3) is 0.529. The van der Waals surface area contributed by atoms with E-state index in [9.17, 15) is 5.11 Å². The van der Waals surface area contributed by atoms with E-state index in [1.807, 2.05) is 19.1 Å². The van der Waals surface area contributed by atoms with Crippen LogP contribution < -0.4 is 0 Å². The average Bonchev–Trinajstić information content (AvgIpc) is 2.98. The summed E-state index contributed by atoms with van der Waals surface area (Å²) in [6, 6.07) is 5.46. The van der Waals surface area contributed by atoms with Crippen LogP contribution >= 0.6 is 0 Å². The Kier molecular flexibility index (Phi) is 4.43. The van der Waals surface area contributed by atoms with Gasteiger partial charge in [-0.2, -0.15) is 4.98 Å². The van der Waals surface area contributed by atoms with Gasteiger partial charge < -0.3 is 14.4 Å². The van der Waals surface area contributed by atoms with Crippen molar-refractivity contribution in [2.75, 3.05) is 0 Å². The normalized spacial score (nSPS) is 21.9. The lowest BCUT2D eigenvalue weighted by atomic mass is 9.88. The molecule has 3 rings (SSSR count). The molecule has 5 heteroatoms. The van der Waals surface area contributed by atoms with Crippen molar-refractivity contribution in [1.29, 1.82) is 0 Å². The molecule has 1 saturated carbocycles. The molecule has 1 fully saturated rings. The summed E-state index contributed by atoms with van der Waals surface area (Å²) in [6.45, 7) is 4.42. The number of rotatable bonds is 4. The first kappa shape index (κ1) is 15.0. The van der Waals surface area contributed by atoms with Crippen LogP contribution in [0.5, 0.6) is 5.75 Å². The Bertz CT molecular complexity index is 639. The van der Waals surface area contributed by atoms with E-state index < -0.39 is 0 Å². The number of phenolic OH excluding ortho intramolecular Hbond substituents is 1. The standard InChI is InChI=1S/C17H22N2O3/c1-11-6-3-4-9-14(11)21-10-15-18-17(22-19-15)13-8-5-7-12(2)16(13)20/h5,7-8,11,14,20H,3-4,6,9-10H2,1-2H3. The van der Waals surface area contributed by atoms with Crippen LogP contribution in [0.2, 0.25) is 0 Å². The van der Waals surface area contributed by atoms with E-state index in [-0.39, 0.29) is 11.9 Å². The smallest absolute Gasteiger partial charge is 0.261 e. The highest BCUT2D eigenvalue weighted by Gasteiger charge is 2.22. The number of aryl methyl sites for hydroxylation is 1. The molecular weight excluding hydrogens is 280 g/mol. The molecule has 2 unspecified atom stereocenters. The molecule has 0 aliphatic heterocycles. The van der Waals surface area contributed by atoms with E-state index in [4.69, 9.17) is 9.26 Å². The molecule has 1 aliphatic carbocycles. The summed E-state index contributed by atoms with van der Waals surface area (Å²) in [5.74, 6) is 1.62. The zero-order valence-corrected chi connectivity index (χ0v) is 13.1. The van der Waals surface area contributed by atoms with Crippen LogP contribution in [0.3, 0.4) is 0 Å². The highest BCUT2D eigenvalue weighted by atomic mass is 16.5. The van der Waals surface area contributed by atoms with Crippen molar-refractivity contribution in [3.8, 4) is 17.2 Å². The molecule has 0 saturated heterocycles. The first-order valence-electron chi connectivity index (χ1n) is 7.88. The van der Waals surface area contributed by atoms with Gasteiger partial charge in [-0.15, -0.1) is 0 Å². The van der Waals surface area contributed by atoms with Crippen molar-refractivity contribution < 1.29 is 14.4 Å². The Hall–Kier alpha value is -1.88. The zero-order chi connectivity index (χ0) is 15.5. The quantitative estimate of drug-likeness (QED) is 0.929. The van der Waals surface area contributed by atoms with Gasteiger partial charge in [-0.1, -0.05) is 37.1 Å². The van der Waals surface area contributed by atoms with Crippen molar-refractivity contribution in [2.24, 2.45) is 5.92 Å². The summed E-state index contributed by atoms with van der Waals surface area (Å²) in [6.07, 6.45) is 5.12. The Morgan fingerprint density at radius 2 is 2.14 bits per heavy atom. The van der Waals surface area contributed by atoms with E-state index in [1.165, 1.54) is 19.3 Å². The van der Waals surface area contributed by atoms with Gasteiger partial charge in [0.2, 0.25) is 0 Å². The summed E-state index contributed by atoms with van der Waals surface area (Å²) in [4.78, 5) is 4.33. The van der Waals surface area contributed by atoms with Crippen molar-refractivity contribution in [1.82, 2.24) is 10.1 Å². The molecule has 22 heavy (non-hydrogen) atoms. The largest absolute Gasteiger partial charge is 0.507 e. The number of aromatic hydroxyl groups is 1. The van der Waals surface area contributed by atoms with E-state index in [1.54, 1.807) is 6.07 Å². The molecule has 0 amide bonds. The van der Waals surface area contributed by atoms with Gasteiger partial charge in [0.25, 0.3) is 5.89 Å². The van der Waals surface area contributed by atoms with E-state index in [0.717, 1.165) is 12.0 Å². The summed E-state index contributed by atoms with van der Waals surface area (Å²) < 4.78 is 11.2. The molecule has 1 heterocycles. The van der Waals surface area contributed by atoms with E-state index in [0.29, 0.717) is 29.8 Å². The molecule has 2 aromatic rings. The second-order valence-corrected chi connectivity index (χ2v) is 6.10.